The molecule has 1 saturated carbocycles. The van der Waals surface area contributed by atoms with Crippen molar-refractivity contribution in [2.75, 3.05) is 7.11 Å². The SMILES string of the molecule is CCC[C@H](CC(=O)O)c1cccc(OCc2ccc(-c3cccc(OC)c3)c(C3CCCC3(C)C)c2)c1. The molecular weight excluding hydrogens is 460 g/mol. The molecule has 3 aromatic carbocycles. The lowest BCUT2D eigenvalue weighted by atomic mass is 9.75. The van der Waals surface area contributed by atoms with Crippen LogP contribution in [0.2, 0.25) is 0 Å². The van der Waals surface area contributed by atoms with E-state index in [-0.39, 0.29) is 17.8 Å². The molecule has 1 N–H and O–H groups in total. The third-order valence-corrected chi connectivity index (χ3v) is 7.92. The molecule has 0 aromatic heterocycles. The zero-order valence-electron chi connectivity index (χ0n) is 22.6. The van der Waals surface area contributed by atoms with Gasteiger partial charge in [0.05, 0.1) is 13.5 Å². The van der Waals surface area contributed by atoms with Gasteiger partial charge in [0.25, 0.3) is 0 Å². The molecule has 0 saturated heterocycles. The fraction of sp³-hybridized carbons (Fsp3) is 0.424. The number of hydrogen-bond acceptors (Lipinski definition) is 3. The van der Waals surface area contributed by atoms with Gasteiger partial charge in [-0.2, -0.15) is 0 Å². The average Bonchev–Trinajstić information content (AvgIpc) is 3.25. The highest BCUT2D eigenvalue weighted by molar-refractivity contribution is 5.70. The molecule has 4 heteroatoms. The van der Waals surface area contributed by atoms with E-state index < -0.39 is 5.97 Å². The molecule has 4 nitrogen and oxygen atoms in total. The molecule has 196 valence electrons. The topological polar surface area (TPSA) is 55.8 Å². The Bertz CT molecular complexity index is 1210. The largest absolute Gasteiger partial charge is 0.497 e. The Morgan fingerprint density at radius 3 is 2.54 bits per heavy atom. The minimum Gasteiger partial charge on any atom is -0.497 e. The second-order valence-electron chi connectivity index (χ2n) is 11.0. The maximum atomic E-state index is 11.4. The fourth-order valence-corrected chi connectivity index (χ4v) is 5.92. The molecule has 4 rings (SSSR count). The summed E-state index contributed by atoms with van der Waals surface area (Å²) in [4.78, 5) is 11.4. The van der Waals surface area contributed by atoms with Crippen molar-refractivity contribution < 1.29 is 19.4 Å². The molecule has 0 spiro atoms. The molecular formula is C33H40O4. The number of rotatable bonds is 11. The first kappa shape index (κ1) is 26.8. The monoisotopic (exact) mass is 500 g/mol. The average molecular weight is 501 g/mol. The van der Waals surface area contributed by atoms with Crippen molar-refractivity contribution in [2.24, 2.45) is 5.41 Å². The Morgan fingerprint density at radius 1 is 1.05 bits per heavy atom. The number of benzene rings is 3. The molecule has 37 heavy (non-hydrogen) atoms. The lowest BCUT2D eigenvalue weighted by Gasteiger charge is -2.30. The maximum Gasteiger partial charge on any atom is 0.303 e. The van der Waals surface area contributed by atoms with Gasteiger partial charge < -0.3 is 14.6 Å². The van der Waals surface area contributed by atoms with E-state index in [0.29, 0.717) is 12.5 Å². The number of hydrogen-bond donors (Lipinski definition) is 1. The molecule has 2 atom stereocenters. The lowest BCUT2D eigenvalue weighted by Crippen LogP contribution is -2.16. The minimum atomic E-state index is -0.761. The van der Waals surface area contributed by atoms with E-state index in [9.17, 15) is 9.90 Å². The summed E-state index contributed by atoms with van der Waals surface area (Å²) in [5.74, 6) is 1.38. The third kappa shape index (κ3) is 6.54. The number of ether oxygens (including phenoxy) is 2. The van der Waals surface area contributed by atoms with E-state index in [1.165, 1.54) is 36.0 Å². The van der Waals surface area contributed by atoms with Gasteiger partial charge in [-0.1, -0.05) is 76.1 Å². The summed E-state index contributed by atoms with van der Waals surface area (Å²) < 4.78 is 11.8. The summed E-state index contributed by atoms with van der Waals surface area (Å²) in [6.07, 6.45) is 5.61. The van der Waals surface area contributed by atoms with Crippen LogP contribution in [0.15, 0.2) is 66.7 Å². The molecule has 1 aliphatic carbocycles. The van der Waals surface area contributed by atoms with Crippen LogP contribution < -0.4 is 9.47 Å². The van der Waals surface area contributed by atoms with Gasteiger partial charge in [0.1, 0.15) is 18.1 Å². The van der Waals surface area contributed by atoms with Crippen LogP contribution in [-0.4, -0.2) is 18.2 Å². The summed E-state index contributed by atoms with van der Waals surface area (Å²) in [6, 6.07) is 23.0. The first-order valence-corrected chi connectivity index (χ1v) is 13.5. The highest BCUT2D eigenvalue weighted by Gasteiger charge is 2.36. The first-order valence-electron chi connectivity index (χ1n) is 13.5. The third-order valence-electron chi connectivity index (χ3n) is 7.92. The molecule has 3 aromatic rings. The zero-order chi connectivity index (χ0) is 26.4. The zero-order valence-corrected chi connectivity index (χ0v) is 22.6. The molecule has 0 amide bonds. The molecule has 0 aliphatic heterocycles. The molecule has 1 aliphatic rings. The molecule has 1 fully saturated rings. The van der Waals surface area contributed by atoms with Gasteiger partial charge in [0.15, 0.2) is 0 Å². The van der Waals surface area contributed by atoms with E-state index in [1.807, 2.05) is 30.3 Å². The van der Waals surface area contributed by atoms with Crippen LogP contribution >= 0.6 is 0 Å². The molecule has 0 heterocycles. The Kier molecular flexibility index (Phi) is 8.58. The van der Waals surface area contributed by atoms with Gasteiger partial charge >= 0.3 is 5.97 Å². The van der Waals surface area contributed by atoms with E-state index in [2.05, 4.69) is 57.2 Å². The molecule has 1 unspecified atom stereocenters. The smallest absolute Gasteiger partial charge is 0.303 e. The summed E-state index contributed by atoms with van der Waals surface area (Å²) in [7, 11) is 1.71. The van der Waals surface area contributed by atoms with Crippen LogP contribution in [0.25, 0.3) is 11.1 Å². The van der Waals surface area contributed by atoms with E-state index >= 15 is 0 Å². The second kappa shape index (κ2) is 11.9. The Balaban J connectivity index is 1.60. The van der Waals surface area contributed by atoms with E-state index in [4.69, 9.17) is 9.47 Å². The fourth-order valence-electron chi connectivity index (χ4n) is 5.92. The van der Waals surface area contributed by atoms with Crippen LogP contribution in [0.1, 0.15) is 87.8 Å². The number of methoxy groups -OCH3 is 1. The lowest BCUT2D eigenvalue weighted by molar-refractivity contribution is -0.137. The number of carboxylic acid groups (broad SMARTS) is 1. The van der Waals surface area contributed by atoms with Gasteiger partial charge in [-0.3, -0.25) is 4.79 Å². The highest BCUT2D eigenvalue weighted by Crippen LogP contribution is 2.51. The van der Waals surface area contributed by atoms with Crippen molar-refractivity contribution >= 4 is 5.97 Å². The Hall–Kier alpha value is -3.27. The predicted molar refractivity (Wildman–Crippen MR) is 149 cm³/mol. The summed E-state index contributed by atoms with van der Waals surface area (Å²) >= 11 is 0. The Morgan fingerprint density at radius 2 is 1.84 bits per heavy atom. The van der Waals surface area contributed by atoms with Crippen LogP contribution in [0.4, 0.5) is 0 Å². The highest BCUT2D eigenvalue weighted by atomic mass is 16.5. The van der Waals surface area contributed by atoms with Crippen LogP contribution in [0.5, 0.6) is 11.5 Å². The van der Waals surface area contributed by atoms with Crippen molar-refractivity contribution in [3.63, 3.8) is 0 Å². The maximum absolute atomic E-state index is 11.4. The number of carbonyl (C=O) groups is 1. The predicted octanol–water partition coefficient (Wildman–Crippen LogP) is 8.59. The normalized spacial score (nSPS) is 17.4. The van der Waals surface area contributed by atoms with Crippen molar-refractivity contribution in [3.05, 3.63) is 83.4 Å². The second-order valence-corrected chi connectivity index (χ2v) is 11.0. The van der Waals surface area contributed by atoms with E-state index in [1.54, 1.807) is 7.11 Å². The minimum absolute atomic E-state index is 0.00407. The molecule has 0 bridgehead atoms. The number of carboxylic acids is 1. The molecule has 0 radical (unpaired) electrons. The van der Waals surface area contributed by atoms with Crippen LogP contribution in [0.3, 0.4) is 0 Å². The van der Waals surface area contributed by atoms with Crippen molar-refractivity contribution in [3.8, 4) is 22.6 Å². The van der Waals surface area contributed by atoms with Gasteiger partial charge in [-0.05, 0) is 88.6 Å². The van der Waals surface area contributed by atoms with Crippen molar-refractivity contribution in [1.29, 1.82) is 0 Å². The van der Waals surface area contributed by atoms with Gasteiger partial charge in [0, 0.05) is 0 Å². The van der Waals surface area contributed by atoms with Gasteiger partial charge in [-0.15, -0.1) is 0 Å². The van der Waals surface area contributed by atoms with Gasteiger partial charge in [0.2, 0.25) is 0 Å². The van der Waals surface area contributed by atoms with Gasteiger partial charge in [-0.25, -0.2) is 0 Å². The van der Waals surface area contributed by atoms with Crippen molar-refractivity contribution in [1.82, 2.24) is 0 Å². The summed E-state index contributed by atoms with van der Waals surface area (Å²) in [5.41, 5.74) is 6.25. The van der Waals surface area contributed by atoms with Crippen LogP contribution in [-0.2, 0) is 11.4 Å². The quantitative estimate of drug-likeness (QED) is 0.286. The van der Waals surface area contributed by atoms with E-state index in [0.717, 1.165) is 35.5 Å². The number of aliphatic carboxylic acids is 1. The standard InChI is InChI=1S/C33H40O4/c1-5-9-24(21-32(34)35)25-10-6-13-28(19-25)37-22-23-15-16-29(26-11-7-12-27(20-26)36-4)30(18-23)31-14-8-17-33(31,2)3/h6-7,10-13,15-16,18-20,24,31H,5,8-9,14,17,21-22H2,1-4H3,(H,34,35)/t24-,31?/m1/s1. The van der Waals surface area contributed by atoms with Crippen LogP contribution in [0, 0.1) is 5.41 Å². The van der Waals surface area contributed by atoms with Crippen molar-refractivity contribution in [2.45, 2.75) is 77.7 Å². The first-order chi connectivity index (χ1) is 17.8. The summed E-state index contributed by atoms with van der Waals surface area (Å²) in [6.45, 7) is 7.34. The Labute approximate surface area is 221 Å². The summed E-state index contributed by atoms with van der Waals surface area (Å²) in [5, 5.41) is 9.34.